The molecule has 0 amide bonds. The third-order valence-electron chi connectivity index (χ3n) is 1.83. The third kappa shape index (κ3) is 32.4. The second-order valence-corrected chi connectivity index (χ2v) is 3.96. The van der Waals surface area contributed by atoms with Crippen molar-refractivity contribution in [1.29, 1.82) is 0 Å². The molecule has 0 aliphatic heterocycles. The average molecular weight is 314 g/mol. The fourth-order valence-corrected chi connectivity index (χ4v) is 0.623. The molecular formula is C12H26O9. The topological polar surface area (TPSA) is 176 Å². The first-order chi connectivity index (χ1) is 9.72. The summed E-state index contributed by atoms with van der Waals surface area (Å²) in [5, 5.41) is 56.2. The first-order valence-corrected chi connectivity index (χ1v) is 6.36. The van der Waals surface area contributed by atoms with Crippen molar-refractivity contribution in [2.45, 2.75) is 44.8 Å². The average Bonchev–Trinajstić information content (AvgIpc) is 2.43. The van der Waals surface area contributed by atoms with Gasteiger partial charge in [0, 0.05) is 13.0 Å². The summed E-state index contributed by atoms with van der Waals surface area (Å²) in [6, 6.07) is 0. The van der Waals surface area contributed by atoms with Crippen molar-refractivity contribution < 1.29 is 45.3 Å². The first kappa shape index (κ1) is 24.7. The van der Waals surface area contributed by atoms with Crippen molar-refractivity contribution in [3.05, 3.63) is 0 Å². The molecule has 0 heterocycles. The molecule has 0 rings (SSSR count). The maximum atomic E-state index is 9.90. The molecule has 0 aliphatic rings. The van der Waals surface area contributed by atoms with Crippen LogP contribution in [-0.4, -0.2) is 79.7 Å². The van der Waals surface area contributed by atoms with Crippen molar-refractivity contribution in [2.75, 3.05) is 19.8 Å². The Morgan fingerprint density at radius 1 is 0.905 bits per heavy atom. The Morgan fingerprint density at radius 2 is 1.33 bits per heavy atom. The van der Waals surface area contributed by atoms with E-state index >= 15 is 0 Å². The number of aliphatic hydroxyl groups is 5. The van der Waals surface area contributed by atoms with Crippen LogP contribution >= 0.6 is 0 Å². The molecule has 0 saturated heterocycles. The fraction of sp³-hybridized carbons (Fsp3) is 0.833. The monoisotopic (exact) mass is 314 g/mol. The van der Waals surface area contributed by atoms with Gasteiger partial charge in [0.15, 0.2) is 0 Å². The standard InChI is InChI=1S/C6H12O3.C3H8O3.C3H6O3/c7-5-3-1-2-4-6(8)9;4-1-3(6)2-5;1-2(4)3(5)6/h7H,1-5H2,(H,8,9);3-6H,1-2H2;2,4H,1H3,(H,5,6). The van der Waals surface area contributed by atoms with Gasteiger partial charge in [0.05, 0.1) is 13.2 Å². The van der Waals surface area contributed by atoms with E-state index in [2.05, 4.69) is 0 Å². The lowest BCUT2D eigenvalue weighted by Crippen LogP contribution is -2.15. The molecule has 7 N–H and O–H groups in total. The van der Waals surface area contributed by atoms with Crippen molar-refractivity contribution in [3.63, 3.8) is 0 Å². The lowest BCUT2D eigenvalue weighted by molar-refractivity contribution is -0.145. The van der Waals surface area contributed by atoms with Crippen molar-refractivity contribution >= 4 is 11.9 Å². The van der Waals surface area contributed by atoms with Crippen LogP contribution in [0.2, 0.25) is 0 Å². The minimum Gasteiger partial charge on any atom is -0.481 e. The molecule has 1 atom stereocenters. The second kappa shape index (κ2) is 18.7. The van der Waals surface area contributed by atoms with Crippen LogP contribution in [0.25, 0.3) is 0 Å². The number of carboxylic acids is 2. The summed E-state index contributed by atoms with van der Waals surface area (Å²) in [4.78, 5) is 19.3. The highest BCUT2D eigenvalue weighted by molar-refractivity contribution is 5.71. The van der Waals surface area contributed by atoms with Gasteiger partial charge in [0.25, 0.3) is 0 Å². The van der Waals surface area contributed by atoms with Gasteiger partial charge in [-0.1, -0.05) is 6.42 Å². The number of carboxylic acid groups (broad SMARTS) is 2. The summed E-state index contributed by atoms with van der Waals surface area (Å²) in [5.74, 6) is -1.94. The molecule has 0 spiro atoms. The highest BCUT2D eigenvalue weighted by Crippen LogP contribution is 1.97. The molecule has 128 valence electrons. The normalized spacial score (nSPS) is 10.8. The van der Waals surface area contributed by atoms with Crippen LogP contribution in [0.5, 0.6) is 0 Å². The molecule has 0 aromatic carbocycles. The predicted molar refractivity (Wildman–Crippen MR) is 72.7 cm³/mol. The third-order valence-corrected chi connectivity index (χ3v) is 1.83. The molecule has 1 unspecified atom stereocenters. The molecular weight excluding hydrogens is 288 g/mol. The SMILES string of the molecule is CC(O)C(=O)O.O=C(O)CCCCCO.OCC(O)CO. The van der Waals surface area contributed by atoms with Crippen molar-refractivity contribution in [3.8, 4) is 0 Å². The Hall–Kier alpha value is -1.26. The second-order valence-electron chi connectivity index (χ2n) is 3.96. The Balaban J connectivity index is -0.000000240. The minimum atomic E-state index is -1.23. The van der Waals surface area contributed by atoms with E-state index in [-0.39, 0.29) is 26.2 Å². The minimum absolute atomic E-state index is 0.166. The van der Waals surface area contributed by atoms with Crippen LogP contribution in [0.3, 0.4) is 0 Å². The summed E-state index contributed by atoms with van der Waals surface area (Å²) in [6.07, 6.45) is 0.237. The van der Waals surface area contributed by atoms with Gasteiger partial charge >= 0.3 is 11.9 Å². The van der Waals surface area contributed by atoms with Crippen molar-refractivity contribution in [1.82, 2.24) is 0 Å². The smallest absolute Gasteiger partial charge is 0.332 e. The Labute approximate surface area is 123 Å². The molecule has 9 nitrogen and oxygen atoms in total. The zero-order chi connectivity index (χ0) is 17.3. The van der Waals surface area contributed by atoms with Crippen LogP contribution in [0.1, 0.15) is 32.6 Å². The van der Waals surface area contributed by atoms with Crippen LogP contribution in [0.15, 0.2) is 0 Å². The number of hydrogen-bond donors (Lipinski definition) is 7. The maximum Gasteiger partial charge on any atom is 0.332 e. The number of rotatable bonds is 8. The van der Waals surface area contributed by atoms with Crippen LogP contribution < -0.4 is 0 Å². The number of aliphatic carboxylic acids is 2. The van der Waals surface area contributed by atoms with Gasteiger partial charge in [-0.3, -0.25) is 4.79 Å². The van der Waals surface area contributed by atoms with E-state index in [0.29, 0.717) is 12.8 Å². The molecule has 0 fully saturated rings. The van der Waals surface area contributed by atoms with Gasteiger partial charge in [-0.15, -0.1) is 0 Å². The zero-order valence-corrected chi connectivity index (χ0v) is 12.1. The van der Waals surface area contributed by atoms with Gasteiger partial charge < -0.3 is 35.7 Å². The van der Waals surface area contributed by atoms with Gasteiger partial charge in [-0.25, -0.2) is 4.79 Å². The predicted octanol–water partition coefficient (Wildman–Crippen LogP) is -1.59. The number of unbranched alkanes of at least 4 members (excludes halogenated alkanes) is 2. The van der Waals surface area contributed by atoms with E-state index in [4.69, 9.17) is 35.7 Å². The van der Waals surface area contributed by atoms with E-state index in [0.717, 1.165) is 6.42 Å². The molecule has 9 heteroatoms. The Bertz CT molecular complexity index is 239. The lowest BCUT2D eigenvalue weighted by Gasteiger charge is -1.96. The summed E-state index contributed by atoms with van der Waals surface area (Å²) in [7, 11) is 0. The number of hydrogen-bond acceptors (Lipinski definition) is 7. The van der Waals surface area contributed by atoms with Gasteiger partial charge in [0.2, 0.25) is 0 Å². The maximum absolute atomic E-state index is 9.90. The van der Waals surface area contributed by atoms with Crippen LogP contribution in [0.4, 0.5) is 0 Å². The Kier molecular flexibility index (Phi) is 22.1. The van der Waals surface area contributed by atoms with E-state index < -0.39 is 24.1 Å². The molecule has 0 saturated carbocycles. The summed E-state index contributed by atoms with van der Waals surface area (Å²) < 4.78 is 0. The largest absolute Gasteiger partial charge is 0.481 e. The van der Waals surface area contributed by atoms with E-state index in [9.17, 15) is 9.59 Å². The highest BCUT2D eigenvalue weighted by Gasteiger charge is 2.01. The fourth-order valence-electron chi connectivity index (χ4n) is 0.623. The summed E-state index contributed by atoms with van der Waals surface area (Å²) in [6.45, 7) is 0.634. The molecule has 0 aromatic rings. The van der Waals surface area contributed by atoms with E-state index in [1.807, 2.05) is 0 Å². The molecule has 0 radical (unpaired) electrons. The van der Waals surface area contributed by atoms with Gasteiger partial charge in [0.1, 0.15) is 12.2 Å². The number of aliphatic hydroxyl groups excluding tert-OH is 5. The molecule has 0 aromatic heterocycles. The Morgan fingerprint density at radius 3 is 1.52 bits per heavy atom. The van der Waals surface area contributed by atoms with Crippen LogP contribution in [-0.2, 0) is 9.59 Å². The quantitative estimate of drug-likeness (QED) is 0.260. The lowest BCUT2D eigenvalue weighted by atomic mass is 10.2. The first-order valence-electron chi connectivity index (χ1n) is 6.36. The van der Waals surface area contributed by atoms with E-state index in [1.165, 1.54) is 6.92 Å². The molecule has 0 aliphatic carbocycles. The zero-order valence-electron chi connectivity index (χ0n) is 12.1. The number of carbonyl (C=O) groups is 2. The summed E-state index contributed by atoms with van der Waals surface area (Å²) >= 11 is 0. The van der Waals surface area contributed by atoms with Gasteiger partial charge in [-0.05, 0) is 19.8 Å². The highest BCUT2D eigenvalue weighted by atomic mass is 16.4. The summed E-state index contributed by atoms with van der Waals surface area (Å²) in [5.41, 5.74) is 0. The molecule has 21 heavy (non-hydrogen) atoms. The van der Waals surface area contributed by atoms with Crippen molar-refractivity contribution in [2.24, 2.45) is 0 Å². The van der Waals surface area contributed by atoms with Gasteiger partial charge in [-0.2, -0.15) is 0 Å². The molecule has 0 bridgehead atoms. The van der Waals surface area contributed by atoms with Crippen LogP contribution in [0, 0.1) is 0 Å². The van der Waals surface area contributed by atoms with E-state index in [1.54, 1.807) is 0 Å².